The molecule has 4 aromatic rings. The normalized spacial score (nSPS) is 16.1. The summed E-state index contributed by atoms with van der Waals surface area (Å²) in [5, 5.41) is 14.9. The molecule has 2 aromatic carbocycles. The second-order valence-corrected chi connectivity index (χ2v) is 10.9. The molecule has 2 aromatic heterocycles. The number of hydrogen-bond acceptors (Lipinski definition) is 7. The zero-order chi connectivity index (χ0) is 28.4. The van der Waals surface area contributed by atoms with E-state index in [4.69, 9.17) is 15.6 Å². The third-order valence-electron chi connectivity index (χ3n) is 6.65. The quantitative estimate of drug-likeness (QED) is 0.256. The maximum atomic E-state index is 15.5. The van der Waals surface area contributed by atoms with Gasteiger partial charge >= 0.3 is 0 Å². The van der Waals surface area contributed by atoms with Crippen LogP contribution in [0.1, 0.15) is 39.7 Å². The van der Waals surface area contributed by atoms with E-state index in [0.717, 1.165) is 6.42 Å². The highest BCUT2D eigenvalue weighted by Gasteiger charge is 2.31. The molecule has 1 aliphatic heterocycles. The molecule has 9 nitrogen and oxygen atoms in total. The van der Waals surface area contributed by atoms with E-state index in [2.05, 4.69) is 16.0 Å². The number of carbonyl (C=O) groups excluding carboxylic acids is 1. The van der Waals surface area contributed by atoms with Crippen LogP contribution in [0.25, 0.3) is 22.3 Å². The maximum absolute atomic E-state index is 15.5. The van der Waals surface area contributed by atoms with Gasteiger partial charge in [0.2, 0.25) is 0 Å². The van der Waals surface area contributed by atoms with E-state index in [9.17, 15) is 10.1 Å². The number of carbonyl (C=O) groups is 1. The van der Waals surface area contributed by atoms with Crippen molar-refractivity contribution < 1.29 is 13.9 Å². The molecule has 40 heavy (non-hydrogen) atoms. The fourth-order valence-electron chi connectivity index (χ4n) is 4.90. The number of nitrogen functional groups attached to an aromatic ring is 1. The number of nitriles is 1. The summed E-state index contributed by atoms with van der Waals surface area (Å²) in [6.45, 7) is 6.68. The first kappa shape index (κ1) is 26.8. The second-order valence-electron chi connectivity index (χ2n) is 10.9. The van der Waals surface area contributed by atoms with Crippen LogP contribution in [0.4, 0.5) is 10.2 Å². The topological polar surface area (TPSA) is 123 Å². The molecule has 3 heterocycles. The molecule has 204 valence electrons. The number of halogens is 1. The Morgan fingerprint density at radius 1 is 1.18 bits per heavy atom. The van der Waals surface area contributed by atoms with Crippen molar-refractivity contribution in [1.29, 1.82) is 5.26 Å². The minimum Gasteiger partial charge on any atom is -0.457 e. The molecule has 1 amide bonds. The number of nitrogens with zero attached hydrogens (tertiary/aromatic N) is 6. The smallest absolute Gasteiger partial charge is 0.264 e. The number of aromatic nitrogens is 4. The van der Waals surface area contributed by atoms with Crippen molar-refractivity contribution in [2.75, 3.05) is 18.8 Å². The largest absolute Gasteiger partial charge is 0.457 e. The van der Waals surface area contributed by atoms with E-state index >= 15 is 4.39 Å². The number of nitrogens with two attached hydrogens (primary N) is 1. The van der Waals surface area contributed by atoms with Gasteiger partial charge in [0.05, 0.1) is 11.4 Å². The maximum Gasteiger partial charge on any atom is 0.264 e. The van der Waals surface area contributed by atoms with Crippen LogP contribution in [0, 0.1) is 22.6 Å². The minimum atomic E-state index is -0.533. The summed E-state index contributed by atoms with van der Waals surface area (Å²) in [5.74, 6) is 0.273. The van der Waals surface area contributed by atoms with Gasteiger partial charge in [0.15, 0.2) is 5.65 Å². The van der Waals surface area contributed by atoms with Crippen molar-refractivity contribution in [3.63, 3.8) is 0 Å². The Labute approximate surface area is 231 Å². The van der Waals surface area contributed by atoms with Crippen molar-refractivity contribution in [3.8, 4) is 28.8 Å². The first-order chi connectivity index (χ1) is 19.1. The molecular weight excluding hydrogens is 509 g/mol. The van der Waals surface area contributed by atoms with E-state index in [1.54, 1.807) is 39.9 Å². The van der Waals surface area contributed by atoms with Crippen LogP contribution in [0.15, 0.2) is 66.5 Å². The van der Waals surface area contributed by atoms with E-state index in [1.807, 2.05) is 39.0 Å². The molecule has 10 heteroatoms. The van der Waals surface area contributed by atoms with E-state index in [-0.39, 0.29) is 34.3 Å². The molecule has 0 unspecified atom stereocenters. The number of likely N-dealkylation sites (tertiary alicyclic amines) is 1. The van der Waals surface area contributed by atoms with Crippen molar-refractivity contribution in [2.45, 2.75) is 39.7 Å². The summed E-state index contributed by atoms with van der Waals surface area (Å²) >= 11 is 0. The third kappa shape index (κ3) is 5.50. The van der Waals surface area contributed by atoms with Crippen molar-refractivity contribution in [3.05, 3.63) is 72.3 Å². The van der Waals surface area contributed by atoms with Crippen molar-refractivity contribution in [2.24, 2.45) is 5.41 Å². The Balaban J connectivity index is 1.49. The fraction of sp³-hybridized carbons (Fsp3) is 0.300. The molecule has 2 N–H and O–H groups in total. The number of para-hydroxylation sites is 1. The average Bonchev–Trinajstić information content (AvgIpc) is 3.32. The number of fused-ring (bicyclic) bond motifs is 1. The lowest BCUT2D eigenvalue weighted by molar-refractivity contribution is -0.128. The Bertz CT molecular complexity index is 1630. The van der Waals surface area contributed by atoms with Gasteiger partial charge in [-0.05, 0) is 42.5 Å². The number of anilines is 1. The van der Waals surface area contributed by atoms with Crippen LogP contribution in [-0.2, 0) is 4.79 Å². The van der Waals surface area contributed by atoms with Crippen LogP contribution in [0.5, 0.6) is 11.5 Å². The molecule has 0 radical (unpaired) electrons. The zero-order valence-electron chi connectivity index (χ0n) is 22.6. The molecule has 1 saturated heterocycles. The molecule has 0 aliphatic carbocycles. The van der Waals surface area contributed by atoms with E-state index < -0.39 is 5.82 Å². The molecule has 0 bridgehead atoms. The molecule has 0 spiro atoms. The van der Waals surface area contributed by atoms with Gasteiger partial charge in [0.1, 0.15) is 46.8 Å². The van der Waals surface area contributed by atoms with Crippen LogP contribution in [0.3, 0.4) is 0 Å². The zero-order valence-corrected chi connectivity index (χ0v) is 22.6. The SMILES string of the molecule is CC(C)(C)/C=C(\C#N)C(=O)N1CCC[C@@H](n2nc(-c3ccc(Oc4ccccc4)cc3F)c3c(N)ncnc32)C1. The summed E-state index contributed by atoms with van der Waals surface area (Å²) in [5.41, 5.74) is 7.05. The first-order valence-electron chi connectivity index (χ1n) is 13.1. The fourth-order valence-corrected chi connectivity index (χ4v) is 4.90. The number of ether oxygens (including phenoxy) is 1. The van der Waals surface area contributed by atoms with Crippen LogP contribution in [0.2, 0.25) is 0 Å². The van der Waals surface area contributed by atoms with Crippen LogP contribution in [-0.4, -0.2) is 43.6 Å². The Morgan fingerprint density at radius 2 is 1.95 bits per heavy atom. The lowest BCUT2D eigenvalue weighted by Gasteiger charge is -2.33. The molecule has 1 atom stereocenters. The highest BCUT2D eigenvalue weighted by molar-refractivity contribution is 5.99. The second kappa shape index (κ2) is 10.8. The van der Waals surface area contributed by atoms with Crippen molar-refractivity contribution in [1.82, 2.24) is 24.6 Å². The van der Waals surface area contributed by atoms with Gasteiger partial charge in [-0.15, -0.1) is 0 Å². The van der Waals surface area contributed by atoms with E-state index in [0.29, 0.717) is 47.7 Å². The molecular formula is C30H30FN7O2. The molecule has 1 aliphatic rings. The average molecular weight is 540 g/mol. The van der Waals surface area contributed by atoms with Crippen LogP contribution < -0.4 is 10.5 Å². The summed E-state index contributed by atoms with van der Waals surface area (Å²) in [4.78, 5) is 23.5. The molecule has 0 saturated carbocycles. The Kier molecular flexibility index (Phi) is 7.22. The molecule has 1 fully saturated rings. The van der Waals surface area contributed by atoms with Gasteiger partial charge in [-0.25, -0.2) is 19.0 Å². The van der Waals surface area contributed by atoms with Gasteiger partial charge in [-0.1, -0.05) is 45.0 Å². The van der Waals surface area contributed by atoms with Gasteiger partial charge in [0, 0.05) is 24.7 Å². The lowest BCUT2D eigenvalue weighted by Crippen LogP contribution is -2.41. The van der Waals surface area contributed by atoms with Gasteiger partial charge in [0.25, 0.3) is 5.91 Å². The number of rotatable bonds is 5. The summed E-state index contributed by atoms with van der Waals surface area (Å²) in [6, 6.07) is 15.5. The lowest BCUT2D eigenvalue weighted by atomic mass is 9.93. The predicted octanol–water partition coefficient (Wildman–Crippen LogP) is 5.67. The monoisotopic (exact) mass is 539 g/mol. The number of piperidine rings is 1. The highest BCUT2D eigenvalue weighted by atomic mass is 19.1. The van der Waals surface area contributed by atoms with Gasteiger partial charge in [-0.2, -0.15) is 10.4 Å². The van der Waals surface area contributed by atoms with Crippen molar-refractivity contribution >= 4 is 22.8 Å². The summed E-state index contributed by atoms with van der Waals surface area (Å²) < 4.78 is 23.0. The Hall–Kier alpha value is -4.78. The summed E-state index contributed by atoms with van der Waals surface area (Å²) in [6.07, 6.45) is 4.48. The number of allylic oxidation sites excluding steroid dienone is 1. The summed E-state index contributed by atoms with van der Waals surface area (Å²) in [7, 11) is 0. The first-order valence-corrected chi connectivity index (χ1v) is 13.1. The minimum absolute atomic E-state index is 0.116. The highest BCUT2D eigenvalue weighted by Crippen LogP contribution is 2.36. The molecule has 5 rings (SSSR count). The van der Waals surface area contributed by atoms with Crippen LogP contribution >= 0.6 is 0 Å². The van der Waals surface area contributed by atoms with E-state index in [1.165, 1.54) is 12.4 Å². The Morgan fingerprint density at radius 3 is 2.65 bits per heavy atom. The predicted molar refractivity (Wildman–Crippen MR) is 150 cm³/mol. The number of amides is 1. The third-order valence-corrected chi connectivity index (χ3v) is 6.65. The number of benzene rings is 2. The standard InChI is InChI=1S/C30H30FN7O2/c1-30(2,3)15-19(16-32)29(39)37-13-7-8-20(17-37)38-28-25(27(33)34-18-35-28)26(36-38)23-12-11-22(14-24(23)31)40-21-9-5-4-6-10-21/h4-6,9-12,14-15,18,20H,7-8,13,17H2,1-3H3,(H2,33,34,35)/b19-15+/t20-/m1/s1. The van der Waals surface area contributed by atoms with Gasteiger partial charge < -0.3 is 15.4 Å². The number of hydrogen-bond donors (Lipinski definition) is 1. The van der Waals surface area contributed by atoms with Gasteiger partial charge in [-0.3, -0.25) is 4.79 Å².